The van der Waals surface area contributed by atoms with Crippen LogP contribution in [0.4, 0.5) is 0 Å². The number of rotatable bonds is 10. The van der Waals surface area contributed by atoms with Crippen LogP contribution in [0.3, 0.4) is 0 Å². The minimum Gasteiger partial charge on any atom is -0.388 e. The van der Waals surface area contributed by atoms with E-state index in [1.54, 1.807) is 11.3 Å². The molecular weight excluding hydrogens is 318 g/mol. The fourth-order valence-electron chi connectivity index (χ4n) is 2.57. The summed E-state index contributed by atoms with van der Waals surface area (Å²) in [6, 6.07) is 0. The van der Waals surface area contributed by atoms with E-state index in [-0.39, 0.29) is 5.92 Å². The quantitative estimate of drug-likeness (QED) is 0.580. The van der Waals surface area contributed by atoms with E-state index >= 15 is 0 Å². The molecule has 3 nitrogen and oxygen atoms in total. The molecule has 0 bridgehead atoms. The van der Waals surface area contributed by atoms with Crippen LogP contribution in [0.25, 0.3) is 6.08 Å². The minimum atomic E-state index is -0.470. The third-order valence-electron chi connectivity index (χ3n) is 4.33. The van der Waals surface area contributed by atoms with Crippen LogP contribution in [-0.2, 0) is 4.79 Å². The maximum atomic E-state index is 11.6. The summed E-state index contributed by atoms with van der Waals surface area (Å²) in [6.45, 7) is 9.97. The number of hydrogen-bond acceptors (Lipinski definition) is 4. The first-order valence-electron chi connectivity index (χ1n) is 8.80. The Morgan fingerprint density at radius 3 is 2.71 bits per heavy atom. The summed E-state index contributed by atoms with van der Waals surface area (Å²) < 4.78 is 0. The number of aryl methyl sites for hydroxylation is 1. The van der Waals surface area contributed by atoms with Crippen molar-refractivity contribution in [3.63, 3.8) is 0 Å². The molecule has 0 spiro atoms. The Balaban J connectivity index is 2.40. The number of allylic oxidation sites excluding steroid dienone is 1. The number of Topliss-reactive ketones (excluding diaryl/α,β-unsaturated/α-hetero) is 1. The number of aromatic nitrogens is 1. The molecule has 1 aromatic rings. The van der Waals surface area contributed by atoms with Gasteiger partial charge in [0, 0.05) is 17.7 Å². The van der Waals surface area contributed by atoms with Crippen molar-refractivity contribution in [2.75, 3.05) is 0 Å². The van der Waals surface area contributed by atoms with Crippen molar-refractivity contribution in [2.45, 2.75) is 72.8 Å². The number of aliphatic hydroxyl groups excluding tert-OH is 1. The van der Waals surface area contributed by atoms with Crippen LogP contribution in [0.2, 0.25) is 0 Å². The SMILES string of the molecule is CCC(=O)[C@H](C)CCC/C(C)=C\C[C@H](O)/C(C)=C/c1csc(C)n1. The van der Waals surface area contributed by atoms with Gasteiger partial charge in [-0.3, -0.25) is 4.79 Å². The molecule has 0 saturated carbocycles. The Morgan fingerprint density at radius 1 is 1.42 bits per heavy atom. The smallest absolute Gasteiger partial charge is 0.135 e. The average Bonchev–Trinajstić information content (AvgIpc) is 2.96. The lowest BCUT2D eigenvalue weighted by atomic mass is 9.96. The first kappa shape index (κ1) is 20.8. The predicted octanol–water partition coefficient (Wildman–Crippen LogP) is 5.34. The van der Waals surface area contributed by atoms with Crippen molar-refractivity contribution in [1.82, 2.24) is 4.98 Å². The number of carbonyl (C=O) groups excluding carboxylic acids is 1. The number of hydrogen-bond donors (Lipinski definition) is 1. The van der Waals surface area contributed by atoms with Gasteiger partial charge in [-0.15, -0.1) is 11.3 Å². The molecule has 0 aliphatic carbocycles. The van der Waals surface area contributed by atoms with Gasteiger partial charge in [0.15, 0.2) is 0 Å². The van der Waals surface area contributed by atoms with Crippen LogP contribution in [0.1, 0.15) is 70.5 Å². The van der Waals surface area contributed by atoms with E-state index in [0.29, 0.717) is 18.6 Å². The van der Waals surface area contributed by atoms with E-state index in [1.165, 1.54) is 5.57 Å². The zero-order valence-electron chi connectivity index (χ0n) is 15.6. The van der Waals surface area contributed by atoms with E-state index in [0.717, 1.165) is 35.5 Å². The highest BCUT2D eigenvalue weighted by Crippen LogP contribution is 2.18. The van der Waals surface area contributed by atoms with Crippen LogP contribution < -0.4 is 0 Å². The van der Waals surface area contributed by atoms with E-state index in [2.05, 4.69) is 18.0 Å². The molecule has 0 aliphatic rings. The number of ketones is 1. The number of aliphatic hydroxyl groups is 1. The lowest BCUT2D eigenvalue weighted by Gasteiger charge is -2.11. The summed E-state index contributed by atoms with van der Waals surface area (Å²) in [5, 5.41) is 13.3. The van der Waals surface area contributed by atoms with Crippen molar-refractivity contribution in [3.8, 4) is 0 Å². The fourth-order valence-corrected chi connectivity index (χ4v) is 3.14. The van der Waals surface area contributed by atoms with Crippen molar-refractivity contribution < 1.29 is 9.90 Å². The molecule has 1 N–H and O–H groups in total. The molecule has 1 rings (SSSR count). The topological polar surface area (TPSA) is 50.2 Å². The van der Waals surface area contributed by atoms with Gasteiger partial charge in [0.25, 0.3) is 0 Å². The minimum absolute atomic E-state index is 0.167. The van der Waals surface area contributed by atoms with E-state index < -0.39 is 6.10 Å². The zero-order chi connectivity index (χ0) is 18.1. The molecule has 0 unspecified atom stereocenters. The highest BCUT2D eigenvalue weighted by molar-refractivity contribution is 7.09. The first-order valence-corrected chi connectivity index (χ1v) is 9.68. The van der Waals surface area contributed by atoms with Crippen molar-refractivity contribution in [1.29, 1.82) is 0 Å². The largest absolute Gasteiger partial charge is 0.388 e. The molecule has 0 radical (unpaired) electrons. The van der Waals surface area contributed by atoms with Gasteiger partial charge in [-0.05, 0) is 58.1 Å². The third-order valence-corrected chi connectivity index (χ3v) is 5.13. The van der Waals surface area contributed by atoms with Crippen LogP contribution in [0.5, 0.6) is 0 Å². The summed E-state index contributed by atoms with van der Waals surface area (Å²) in [6.07, 6.45) is 7.81. The van der Waals surface area contributed by atoms with E-state index in [9.17, 15) is 9.90 Å². The van der Waals surface area contributed by atoms with Gasteiger partial charge in [-0.25, -0.2) is 4.98 Å². The summed E-state index contributed by atoms with van der Waals surface area (Å²) in [4.78, 5) is 16.0. The highest BCUT2D eigenvalue weighted by atomic mass is 32.1. The maximum Gasteiger partial charge on any atom is 0.135 e. The maximum absolute atomic E-state index is 11.6. The Bertz CT molecular complexity index is 586. The Morgan fingerprint density at radius 2 is 2.12 bits per heavy atom. The summed E-state index contributed by atoms with van der Waals surface area (Å²) in [5.74, 6) is 0.519. The summed E-state index contributed by atoms with van der Waals surface area (Å²) in [5.41, 5.74) is 3.14. The van der Waals surface area contributed by atoms with Crippen LogP contribution in [-0.4, -0.2) is 22.0 Å². The van der Waals surface area contributed by atoms with Crippen molar-refractivity contribution in [3.05, 3.63) is 33.3 Å². The van der Waals surface area contributed by atoms with Crippen molar-refractivity contribution in [2.24, 2.45) is 5.92 Å². The monoisotopic (exact) mass is 349 g/mol. The summed E-state index contributed by atoms with van der Waals surface area (Å²) >= 11 is 1.62. The molecule has 4 heteroatoms. The predicted molar refractivity (Wildman–Crippen MR) is 103 cm³/mol. The van der Waals surface area contributed by atoms with Gasteiger partial charge in [0.05, 0.1) is 16.8 Å². The van der Waals surface area contributed by atoms with Gasteiger partial charge in [-0.2, -0.15) is 0 Å². The number of carbonyl (C=O) groups is 1. The van der Waals surface area contributed by atoms with Crippen LogP contribution >= 0.6 is 11.3 Å². The third kappa shape index (κ3) is 7.54. The molecule has 0 amide bonds. The first-order chi connectivity index (χ1) is 11.3. The van der Waals surface area contributed by atoms with E-state index in [4.69, 9.17) is 0 Å². The molecule has 0 aromatic carbocycles. The molecular formula is C20H31NO2S. The van der Waals surface area contributed by atoms with Gasteiger partial charge >= 0.3 is 0 Å². The molecule has 2 atom stereocenters. The molecule has 134 valence electrons. The molecule has 0 aliphatic heterocycles. The fraction of sp³-hybridized carbons (Fsp3) is 0.600. The molecule has 1 aromatic heterocycles. The van der Waals surface area contributed by atoms with Crippen LogP contribution in [0.15, 0.2) is 22.6 Å². The number of nitrogens with zero attached hydrogens (tertiary/aromatic N) is 1. The van der Waals surface area contributed by atoms with E-state index in [1.807, 2.05) is 39.2 Å². The molecule has 0 saturated heterocycles. The zero-order valence-corrected chi connectivity index (χ0v) is 16.4. The van der Waals surface area contributed by atoms with Gasteiger partial charge in [0.1, 0.15) is 5.78 Å². The second-order valence-electron chi connectivity index (χ2n) is 6.59. The van der Waals surface area contributed by atoms with Gasteiger partial charge in [-0.1, -0.05) is 25.5 Å². The Labute approximate surface area is 150 Å². The standard InChI is InChI=1S/C20H31NO2S/c1-6-19(22)15(3)9-7-8-14(2)10-11-20(23)16(4)12-18-13-24-17(5)21-18/h10,12-13,15,20,23H,6-9,11H2,1-5H3/b14-10-,16-12+/t15-,20+/m1/s1. The normalized spacial score (nSPS) is 15.4. The Kier molecular flexibility index (Phi) is 9.16. The second-order valence-corrected chi connectivity index (χ2v) is 7.66. The molecule has 0 fully saturated rings. The number of thiazole rings is 1. The van der Waals surface area contributed by atoms with Gasteiger partial charge in [0.2, 0.25) is 0 Å². The highest BCUT2D eigenvalue weighted by Gasteiger charge is 2.10. The average molecular weight is 350 g/mol. The summed E-state index contributed by atoms with van der Waals surface area (Å²) in [7, 11) is 0. The molecule has 24 heavy (non-hydrogen) atoms. The Hall–Kier alpha value is -1.26. The van der Waals surface area contributed by atoms with Crippen molar-refractivity contribution >= 4 is 23.2 Å². The lowest BCUT2D eigenvalue weighted by molar-refractivity contribution is -0.122. The second kappa shape index (κ2) is 10.6. The molecule has 1 heterocycles. The lowest BCUT2D eigenvalue weighted by Crippen LogP contribution is -2.09. The van der Waals surface area contributed by atoms with Gasteiger partial charge < -0.3 is 5.11 Å². The van der Waals surface area contributed by atoms with Crippen LogP contribution in [0, 0.1) is 12.8 Å².